The maximum absolute atomic E-state index is 11.4. The van der Waals surface area contributed by atoms with E-state index >= 15 is 0 Å². The lowest BCUT2D eigenvalue weighted by Gasteiger charge is -2.15. The molecule has 0 aliphatic heterocycles. The van der Waals surface area contributed by atoms with Gasteiger partial charge in [0.25, 0.3) is 6.01 Å². The van der Waals surface area contributed by atoms with Crippen LogP contribution >= 0.6 is 11.8 Å². The van der Waals surface area contributed by atoms with E-state index in [4.69, 9.17) is 9.15 Å². The highest BCUT2D eigenvalue weighted by molar-refractivity contribution is 8.00. The molecule has 0 aliphatic rings. The summed E-state index contributed by atoms with van der Waals surface area (Å²) in [7, 11) is 1.91. The Morgan fingerprint density at radius 3 is 2.69 bits per heavy atom. The van der Waals surface area contributed by atoms with Crippen molar-refractivity contribution in [3.8, 4) is 5.75 Å². The van der Waals surface area contributed by atoms with Gasteiger partial charge in [0.05, 0.1) is 6.54 Å². The van der Waals surface area contributed by atoms with Crippen molar-refractivity contribution in [2.24, 2.45) is 0 Å². The molecule has 0 fully saturated rings. The zero-order valence-electron chi connectivity index (χ0n) is 16.7. The molecule has 0 aliphatic carbocycles. The van der Waals surface area contributed by atoms with E-state index in [2.05, 4.69) is 11.9 Å². The number of rotatable bonds is 11. The Balaban J connectivity index is 1.48. The predicted molar refractivity (Wildman–Crippen MR) is 117 cm³/mol. The van der Waals surface area contributed by atoms with Crippen molar-refractivity contribution in [2.45, 2.75) is 25.0 Å². The minimum absolute atomic E-state index is 0.410. The van der Waals surface area contributed by atoms with Gasteiger partial charge in [0, 0.05) is 7.05 Å². The number of carbonyl (C=O) groups is 1. The lowest BCUT2D eigenvalue weighted by atomic mass is 10.1. The van der Waals surface area contributed by atoms with Crippen molar-refractivity contribution < 1.29 is 19.1 Å². The van der Waals surface area contributed by atoms with Gasteiger partial charge >= 0.3 is 5.97 Å². The molecule has 1 N–H and O–H groups in total. The highest BCUT2D eigenvalue weighted by Gasteiger charge is 2.18. The summed E-state index contributed by atoms with van der Waals surface area (Å²) >= 11 is 1.49. The zero-order chi connectivity index (χ0) is 20.6. The molecule has 0 saturated heterocycles. The van der Waals surface area contributed by atoms with E-state index < -0.39 is 11.2 Å². The van der Waals surface area contributed by atoms with Crippen LogP contribution in [-0.4, -0.2) is 47.3 Å². The Kier molecular flexibility index (Phi) is 7.41. The van der Waals surface area contributed by atoms with E-state index in [1.807, 2.05) is 60.5 Å². The molecule has 29 heavy (non-hydrogen) atoms. The fraction of sp³-hybridized carbons (Fsp3) is 0.364. The number of carboxylic acid groups (broad SMARTS) is 1. The first-order valence-corrected chi connectivity index (χ1v) is 10.7. The van der Waals surface area contributed by atoms with E-state index in [-0.39, 0.29) is 0 Å². The number of thioether (sulfide) groups is 1. The van der Waals surface area contributed by atoms with Gasteiger partial charge in [0.2, 0.25) is 0 Å². The second-order valence-electron chi connectivity index (χ2n) is 6.78. The quantitative estimate of drug-likeness (QED) is 0.496. The average molecular weight is 415 g/mol. The summed E-state index contributed by atoms with van der Waals surface area (Å²) < 4.78 is 11.6. The molecular weight excluding hydrogens is 388 g/mol. The van der Waals surface area contributed by atoms with Gasteiger partial charge in [0.15, 0.2) is 5.58 Å². The van der Waals surface area contributed by atoms with Crippen LogP contribution in [-0.2, 0) is 11.2 Å². The minimum Gasteiger partial charge on any atom is -0.492 e. The maximum atomic E-state index is 11.4. The van der Waals surface area contributed by atoms with Gasteiger partial charge in [-0.15, -0.1) is 11.8 Å². The van der Waals surface area contributed by atoms with Gasteiger partial charge in [-0.05, 0) is 48.4 Å². The zero-order valence-corrected chi connectivity index (χ0v) is 17.5. The van der Waals surface area contributed by atoms with Crippen LogP contribution in [0.4, 0.5) is 6.01 Å². The van der Waals surface area contributed by atoms with Crippen molar-refractivity contribution in [3.63, 3.8) is 0 Å². The predicted octanol–water partition coefficient (Wildman–Crippen LogP) is 4.48. The van der Waals surface area contributed by atoms with E-state index in [0.717, 1.165) is 34.6 Å². The second kappa shape index (κ2) is 10.2. The van der Waals surface area contributed by atoms with E-state index in [0.29, 0.717) is 25.6 Å². The molecule has 7 heteroatoms. The number of hydrogen-bond donors (Lipinski definition) is 1. The van der Waals surface area contributed by atoms with Crippen LogP contribution in [0.15, 0.2) is 52.9 Å². The molecular formula is C22H26N2O4S. The summed E-state index contributed by atoms with van der Waals surface area (Å²) in [5, 5.41) is 8.95. The first-order chi connectivity index (χ1) is 14.1. The fourth-order valence-electron chi connectivity index (χ4n) is 2.83. The van der Waals surface area contributed by atoms with Gasteiger partial charge in [-0.1, -0.05) is 31.2 Å². The van der Waals surface area contributed by atoms with Crippen molar-refractivity contribution in [3.05, 3.63) is 54.1 Å². The summed E-state index contributed by atoms with van der Waals surface area (Å²) in [6.45, 7) is 3.17. The average Bonchev–Trinajstić information content (AvgIpc) is 3.16. The fourth-order valence-corrected chi connectivity index (χ4v) is 3.81. The summed E-state index contributed by atoms with van der Waals surface area (Å²) in [6, 6.07) is 15.9. The number of anilines is 1. The third kappa shape index (κ3) is 5.90. The third-order valence-electron chi connectivity index (χ3n) is 4.45. The lowest BCUT2D eigenvalue weighted by Crippen LogP contribution is -2.24. The number of fused-ring (bicyclic) bond motifs is 1. The van der Waals surface area contributed by atoms with Crippen LogP contribution in [0, 0.1) is 0 Å². The molecule has 0 spiro atoms. The number of para-hydroxylation sites is 2. The molecule has 1 unspecified atom stereocenters. The molecule has 0 saturated carbocycles. The van der Waals surface area contributed by atoms with Crippen LogP contribution in [0.2, 0.25) is 0 Å². The lowest BCUT2D eigenvalue weighted by molar-refractivity contribution is -0.136. The van der Waals surface area contributed by atoms with Crippen molar-refractivity contribution in [1.29, 1.82) is 0 Å². The Morgan fingerprint density at radius 2 is 2.00 bits per heavy atom. The molecule has 2 aromatic carbocycles. The second-order valence-corrected chi connectivity index (χ2v) is 8.09. The number of hydrogen-bond acceptors (Lipinski definition) is 6. The molecule has 3 aromatic rings. The van der Waals surface area contributed by atoms with E-state index in [1.165, 1.54) is 11.8 Å². The summed E-state index contributed by atoms with van der Waals surface area (Å²) in [5.41, 5.74) is 2.60. The number of oxazole rings is 1. The topological polar surface area (TPSA) is 75.8 Å². The Labute approximate surface area is 174 Å². The van der Waals surface area contributed by atoms with Crippen LogP contribution in [0.5, 0.6) is 5.75 Å². The van der Waals surface area contributed by atoms with Crippen LogP contribution in [0.3, 0.4) is 0 Å². The normalized spacial score (nSPS) is 12.1. The number of ether oxygens (including phenoxy) is 1. The SMILES string of the molecule is CCCSC(Cc1ccc(OCCN(C)c2nc3ccccc3o2)cc1)C(=O)O. The van der Waals surface area contributed by atoms with Crippen molar-refractivity contribution in [2.75, 3.05) is 30.9 Å². The smallest absolute Gasteiger partial charge is 0.316 e. The minimum atomic E-state index is -0.758. The Bertz CT molecular complexity index is 893. The first kappa shape index (κ1) is 21.0. The molecule has 1 atom stereocenters. The highest BCUT2D eigenvalue weighted by Crippen LogP contribution is 2.22. The third-order valence-corrected chi connectivity index (χ3v) is 5.86. The largest absolute Gasteiger partial charge is 0.492 e. The van der Waals surface area contributed by atoms with E-state index in [1.54, 1.807) is 0 Å². The van der Waals surface area contributed by atoms with Crippen molar-refractivity contribution in [1.82, 2.24) is 4.98 Å². The van der Waals surface area contributed by atoms with E-state index in [9.17, 15) is 9.90 Å². The van der Waals surface area contributed by atoms with Gasteiger partial charge < -0.3 is 19.2 Å². The molecule has 0 radical (unpaired) electrons. The van der Waals surface area contributed by atoms with Gasteiger partial charge in [-0.25, -0.2) is 0 Å². The first-order valence-electron chi connectivity index (χ1n) is 9.69. The standard InChI is InChI=1S/C22H26N2O4S/c1-3-14-29-20(21(25)26)15-16-8-10-17(11-9-16)27-13-12-24(2)22-23-18-6-4-5-7-19(18)28-22/h4-11,20H,3,12-15H2,1-2H3,(H,25,26). The monoisotopic (exact) mass is 414 g/mol. The number of benzene rings is 2. The van der Waals surface area contributed by atoms with Crippen LogP contribution < -0.4 is 9.64 Å². The van der Waals surface area contributed by atoms with Gasteiger partial charge in [0.1, 0.15) is 23.1 Å². The highest BCUT2D eigenvalue weighted by atomic mass is 32.2. The Morgan fingerprint density at radius 1 is 1.24 bits per heavy atom. The van der Waals surface area contributed by atoms with Crippen LogP contribution in [0.25, 0.3) is 11.1 Å². The summed E-state index contributed by atoms with van der Waals surface area (Å²) in [5.74, 6) is 0.852. The number of aromatic nitrogens is 1. The van der Waals surface area contributed by atoms with Gasteiger partial charge in [-0.2, -0.15) is 4.98 Å². The van der Waals surface area contributed by atoms with Crippen molar-refractivity contribution >= 4 is 34.8 Å². The molecule has 1 heterocycles. The number of aliphatic carboxylic acids is 1. The molecule has 0 bridgehead atoms. The summed E-state index contributed by atoms with van der Waals surface area (Å²) in [4.78, 5) is 17.8. The summed E-state index contributed by atoms with van der Waals surface area (Å²) in [6.07, 6.45) is 1.49. The molecule has 154 valence electrons. The number of nitrogens with zero attached hydrogens (tertiary/aromatic N) is 2. The maximum Gasteiger partial charge on any atom is 0.316 e. The Hall–Kier alpha value is -2.67. The molecule has 1 aromatic heterocycles. The number of carboxylic acids is 1. The molecule has 0 amide bonds. The molecule has 3 rings (SSSR count). The number of likely N-dealkylation sites (N-methyl/N-ethyl adjacent to an activating group) is 1. The molecule has 6 nitrogen and oxygen atoms in total. The van der Waals surface area contributed by atoms with Gasteiger partial charge in [-0.3, -0.25) is 4.79 Å². The van der Waals surface area contributed by atoms with Crippen LogP contribution in [0.1, 0.15) is 18.9 Å².